The van der Waals surface area contributed by atoms with Crippen LogP contribution in [0.5, 0.6) is 11.5 Å². The van der Waals surface area contributed by atoms with E-state index >= 15 is 4.39 Å². The minimum atomic E-state index is -1.39. The van der Waals surface area contributed by atoms with Crippen LogP contribution in [0.4, 0.5) is 8.78 Å². The number of aromatic carboxylic acids is 1. The standard InChI is InChI=1S/C21H24ClF2NO4S/c1-5-17(25-30(28)11-21(2,3)4)15-6-7-16(22)19(18(15)24)29-14-9-12(20(26)27)8-13(23)10-14/h6-10,17,25H,5,11H2,1-4H3,(H,26,27)/t17-,30-/m0/s1. The van der Waals surface area contributed by atoms with Gasteiger partial charge in [0.25, 0.3) is 0 Å². The molecule has 0 unspecified atom stereocenters. The Labute approximate surface area is 182 Å². The Morgan fingerprint density at radius 3 is 2.50 bits per heavy atom. The van der Waals surface area contributed by atoms with E-state index in [2.05, 4.69) is 4.72 Å². The van der Waals surface area contributed by atoms with E-state index in [0.717, 1.165) is 18.2 Å². The zero-order valence-corrected chi connectivity index (χ0v) is 18.7. The summed E-state index contributed by atoms with van der Waals surface area (Å²) >= 11 is 6.08. The van der Waals surface area contributed by atoms with E-state index in [-0.39, 0.29) is 33.1 Å². The Hall–Kier alpha value is -2.03. The molecule has 164 valence electrons. The zero-order valence-electron chi connectivity index (χ0n) is 17.1. The predicted molar refractivity (Wildman–Crippen MR) is 113 cm³/mol. The van der Waals surface area contributed by atoms with E-state index in [1.807, 2.05) is 27.7 Å². The maximum Gasteiger partial charge on any atom is 0.335 e. The molecule has 0 amide bonds. The molecule has 0 fully saturated rings. The lowest BCUT2D eigenvalue weighted by molar-refractivity contribution is 0.0696. The van der Waals surface area contributed by atoms with Crippen LogP contribution in [0.2, 0.25) is 5.02 Å². The van der Waals surface area contributed by atoms with Crippen LogP contribution in [0.25, 0.3) is 0 Å². The van der Waals surface area contributed by atoms with Crippen molar-refractivity contribution in [2.75, 3.05) is 5.75 Å². The molecule has 0 saturated heterocycles. The molecule has 0 aliphatic rings. The number of ether oxygens (including phenoxy) is 1. The Morgan fingerprint density at radius 2 is 1.93 bits per heavy atom. The molecule has 30 heavy (non-hydrogen) atoms. The van der Waals surface area contributed by atoms with Crippen LogP contribution in [0.1, 0.15) is 56.1 Å². The van der Waals surface area contributed by atoms with Crippen LogP contribution in [0, 0.1) is 17.0 Å². The number of carboxylic acid groups (broad SMARTS) is 1. The lowest BCUT2D eigenvalue weighted by Gasteiger charge is -2.23. The fraction of sp³-hybridized carbons (Fsp3) is 0.381. The number of hydrogen-bond donors (Lipinski definition) is 2. The van der Waals surface area contributed by atoms with Crippen molar-refractivity contribution < 1.29 is 27.6 Å². The van der Waals surface area contributed by atoms with E-state index in [0.29, 0.717) is 12.2 Å². The summed E-state index contributed by atoms with van der Waals surface area (Å²) in [6, 6.07) is 5.14. The Morgan fingerprint density at radius 1 is 1.27 bits per heavy atom. The van der Waals surface area contributed by atoms with Crippen molar-refractivity contribution >= 4 is 28.6 Å². The van der Waals surface area contributed by atoms with Crippen LogP contribution >= 0.6 is 11.6 Å². The summed E-state index contributed by atoms with van der Waals surface area (Å²) in [4.78, 5) is 11.1. The Bertz CT molecular complexity index is 963. The van der Waals surface area contributed by atoms with Gasteiger partial charge >= 0.3 is 5.97 Å². The predicted octanol–water partition coefficient (Wildman–Crippen LogP) is 5.86. The molecule has 0 aromatic heterocycles. The van der Waals surface area contributed by atoms with Crippen molar-refractivity contribution in [2.24, 2.45) is 5.41 Å². The molecule has 5 nitrogen and oxygen atoms in total. The average molecular weight is 460 g/mol. The van der Waals surface area contributed by atoms with Gasteiger partial charge in [-0.1, -0.05) is 45.4 Å². The van der Waals surface area contributed by atoms with Crippen LogP contribution in [-0.2, 0) is 11.0 Å². The van der Waals surface area contributed by atoms with Gasteiger partial charge < -0.3 is 9.84 Å². The number of rotatable bonds is 8. The van der Waals surface area contributed by atoms with Gasteiger partial charge in [0.15, 0.2) is 11.6 Å². The van der Waals surface area contributed by atoms with Crippen molar-refractivity contribution in [1.82, 2.24) is 4.72 Å². The molecule has 0 heterocycles. The monoisotopic (exact) mass is 459 g/mol. The smallest absolute Gasteiger partial charge is 0.335 e. The third kappa shape index (κ3) is 6.48. The molecule has 2 aromatic rings. The first-order chi connectivity index (χ1) is 13.9. The molecule has 9 heteroatoms. The zero-order chi connectivity index (χ0) is 22.6. The van der Waals surface area contributed by atoms with Crippen LogP contribution in [0.15, 0.2) is 30.3 Å². The van der Waals surface area contributed by atoms with Crippen molar-refractivity contribution in [3.8, 4) is 11.5 Å². The largest absolute Gasteiger partial charge is 0.478 e. The number of nitrogens with one attached hydrogen (secondary N) is 1. The highest BCUT2D eigenvalue weighted by molar-refractivity contribution is 7.83. The molecule has 0 saturated carbocycles. The molecular weight excluding hydrogens is 436 g/mol. The highest BCUT2D eigenvalue weighted by Crippen LogP contribution is 2.37. The SMILES string of the molecule is CC[C@H](N[S@@](=O)CC(C)(C)C)c1ccc(Cl)c(Oc2cc(F)cc(C(=O)O)c2)c1F. The molecule has 0 bridgehead atoms. The van der Waals surface area contributed by atoms with E-state index in [9.17, 15) is 13.4 Å². The van der Waals surface area contributed by atoms with Crippen molar-refractivity contribution in [3.63, 3.8) is 0 Å². The number of benzene rings is 2. The van der Waals surface area contributed by atoms with Gasteiger partial charge in [-0.05, 0) is 30.0 Å². The number of carbonyl (C=O) groups is 1. The molecule has 2 rings (SSSR count). The van der Waals surface area contributed by atoms with Gasteiger partial charge in [0.2, 0.25) is 0 Å². The molecule has 2 N–H and O–H groups in total. The normalized spacial score (nSPS) is 13.7. The summed E-state index contributed by atoms with van der Waals surface area (Å²) < 4.78 is 49.7. The minimum absolute atomic E-state index is 0.0666. The number of halogens is 3. The average Bonchev–Trinajstić information content (AvgIpc) is 2.61. The van der Waals surface area contributed by atoms with Gasteiger partial charge in [0.1, 0.15) is 11.6 Å². The third-order valence-corrected chi connectivity index (χ3v) is 6.01. The summed E-state index contributed by atoms with van der Waals surface area (Å²) in [6.07, 6.45) is 0.441. The lowest BCUT2D eigenvalue weighted by Crippen LogP contribution is -2.30. The highest BCUT2D eigenvalue weighted by Gasteiger charge is 2.24. The minimum Gasteiger partial charge on any atom is -0.478 e. The Kier molecular flexibility index (Phi) is 7.96. The van der Waals surface area contributed by atoms with E-state index in [4.69, 9.17) is 21.4 Å². The summed E-state index contributed by atoms with van der Waals surface area (Å²) in [6.45, 7) is 7.67. The second kappa shape index (κ2) is 9.85. The molecule has 0 aliphatic carbocycles. The van der Waals surface area contributed by atoms with Gasteiger partial charge in [-0.2, -0.15) is 0 Å². The first-order valence-electron chi connectivity index (χ1n) is 9.25. The fourth-order valence-electron chi connectivity index (χ4n) is 2.73. The van der Waals surface area contributed by atoms with E-state index < -0.39 is 34.6 Å². The van der Waals surface area contributed by atoms with Crippen LogP contribution < -0.4 is 9.46 Å². The topological polar surface area (TPSA) is 75.6 Å². The van der Waals surface area contributed by atoms with Crippen LogP contribution in [-0.4, -0.2) is 21.0 Å². The number of hydrogen-bond acceptors (Lipinski definition) is 3. The quantitative estimate of drug-likeness (QED) is 0.518. The first-order valence-corrected chi connectivity index (χ1v) is 10.9. The van der Waals surface area contributed by atoms with Gasteiger partial charge in [0, 0.05) is 23.4 Å². The summed E-state index contributed by atoms with van der Waals surface area (Å²) in [7, 11) is -1.39. The maximum absolute atomic E-state index is 15.2. The van der Waals surface area contributed by atoms with Gasteiger partial charge in [-0.15, -0.1) is 0 Å². The second-order valence-corrected chi connectivity index (χ2v) is 9.61. The molecule has 2 atom stereocenters. The van der Waals surface area contributed by atoms with Gasteiger partial charge in [-0.25, -0.2) is 22.5 Å². The van der Waals surface area contributed by atoms with Gasteiger partial charge in [-0.3, -0.25) is 0 Å². The molecule has 0 radical (unpaired) electrons. The van der Waals surface area contributed by atoms with E-state index in [1.165, 1.54) is 12.1 Å². The molecular formula is C21H24ClF2NO4S. The highest BCUT2D eigenvalue weighted by atomic mass is 35.5. The Balaban J connectivity index is 2.37. The van der Waals surface area contributed by atoms with Crippen LogP contribution in [0.3, 0.4) is 0 Å². The number of carboxylic acids is 1. The summed E-state index contributed by atoms with van der Waals surface area (Å²) in [5, 5.41) is 9.00. The maximum atomic E-state index is 15.2. The van der Waals surface area contributed by atoms with Crippen molar-refractivity contribution in [1.29, 1.82) is 0 Å². The van der Waals surface area contributed by atoms with Crippen molar-refractivity contribution in [2.45, 2.75) is 40.2 Å². The summed E-state index contributed by atoms with van der Waals surface area (Å²) in [5.74, 6) is -3.18. The third-order valence-electron chi connectivity index (χ3n) is 4.04. The molecule has 2 aromatic carbocycles. The summed E-state index contributed by atoms with van der Waals surface area (Å²) in [5.41, 5.74) is -0.334. The lowest BCUT2D eigenvalue weighted by atomic mass is 10.0. The first kappa shape index (κ1) is 24.2. The fourth-order valence-corrected chi connectivity index (χ4v) is 4.40. The molecule has 0 aliphatic heterocycles. The molecule has 0 spiro atoms. The van der Waals surface area contributed by atoms with Gasteiger partial charge in [0.05, 0.1) is 21.6 Å². The van der Waals surface area contributed by atoms with E-state index in [1.54, 1.807) is 0 Å². The van der Waals surface area contributed by atoms with Crippen molar-refractivity contribution in [3.05, 3.63) is 58.1 Å². The second-order valence-electron chi connectivity index (χ2n) is 7.99.